The second-order valence-corrected chi connectivity index (χ2v) is 6.42. The molecule has 0 bridgehead atoms. The molecule has 2 rings (SSSR count). The van der Waals surface area contributed by atoms with E-state index in [0.29, 0.717) is 24.8 Å². The fourth-order valence-electron chi connectivity index (χ4n) is 1.98. The average molecular weight is 344 g/mol. The van der Waals surface area contributed by atoms with Crippen molar-refractivity contribution in [1.82, 2.24) is 15.3 Å². The van der Waals surface area contributed by atoms with Crippen LogP contribution in [0.4, 0.5) is 5.95 Å². The molecule has 0 fully saturated rings. The van der Waals surface area contributed by atoms with Gasteiger partial charge in [-0.15, -0.1) is 0 Å². The Kier molecular flexibility index (Phi) is 6.16. The van der Waals surface area contributed by atoms with Gasteiger partial charge in [0, 0.05) is 11.7 Å². The zero-order valence-electron chi connectivity index (χ0n) is 15.0. The third kappa shape index (κ3) is 6.29. The molecule has 2 aromatic rings. The molecule has 7 heteroatoms. The van der Waals surface area contributed by atoms with Gasteiger partial charge in [0.1, 0.15) is 23.8 Å². The maximum atomic E-state index is 12.1. The summed E-state index contributed by atoms with van der Waals surface area (Å²) in [5.74, 6) is 1.69. The molecule has 0 spiro atoms. The van der Waals surface area contributed by atoms with Crippen LogP contribution in [0.25, 0.3) is 0 Å². The largest absolute Gasteiger partial charge is 0.497 e. The van der Waals surface area contributed by atoms with Crippen LogP contribution in [-0.2, 0) is 0 Å². The summed E-state index contributed by atoms with van der Waals surface area (Å²) in [6, 6.07) is 8.94. The van der Waals surface area contributed by atoms with Gasteiger partial charge in [0.2, 0.25) is 5.95 Å². The normalized spacial score (nSPS) is 10.9. The summed E-state index contributed by atoms with van der Waals surface area (Å²) in [6.07, 6.45) is 1.55. The fourth-order valence-corrected chi connectivity index (χ4v) is 1.98. The zero-order valence-corrected chi connectivity index (χ0v) is 15.0. The van der Waals surface area contributed by atoms with Crippen molar-refractivity contribution in [2.45, 2.75) is 26.3 Å². The van der Waals surface area contributed by atoms with Crippen LogP contribution < -0.4 is 20.1 Å². The molecular weight excluding hydrogens is 320 g/mol. The zero-order chi connectivity index (χ0) is 18.3. The molecule has 0 aliphatic heterocycles. The van der Waals surface area contributed by atoms with Gasteiger partial charge in [0.25, 0.3) is 5.91 Å². The van der Waals surface area contributed by atoms with Crippen LogP contribution in [0, 0.1) is 0 Å². The van der Waals surface area contributed by atoms with Crippen molar-refractivity contribution in [3.05, 3.63) is 42.2 Å². The number of hydrogen-bond donors (Lipinski definition) is 2. The van der Waals surface area contributed by atoms with Gasteiger partial charge in [-0.3, -0.25) is 4.79 Å². The standard InChI is InChI=1S/C18H24N4O3/c1-18(2,3)22-16(23)15-9-10-19-17(21-15)20-11-12-25-14-7-5-13(24-4)6-8-14/h5-10H,11-12H2,1-4H3,(H,22,23)(H,19,20,21). The molecule has 7 nitrogen and oxygen atoms in total. The molecular formula is C18H24N4O3. The molecule has 0 saturated carbocycles. The molecule has 0 aliphatic carbocycles. The van der Waals surface area contributed by atoms with Gasteiger partial charge in [-0.25, -0.2) is 9.97 Å². The minimum absolute atomic E-state index is 0.229. The topological polar surface area (TPSA) is 85.4 Å². The summed E-state index contributed by atoms with van der Waals surface area (Å²) in [7, 11) is 1.62. The summed E-state index contributed by atoms with van der Waals surface area (Å²) < 4.78 is 10.7. The average Bonchev–Trinajstić information content (AvgIpc) is 2.58. The molecule has 1 aromatic carbocycles. The Bertz CT molecular complexity index is 696. The predicted molar refractivity (Wildman–Crippen MR) is 96.2 cm³/mol. The molecule has 0 aliphatic rings. The molecule has 0 saturated heterocycles. The highest BCUT2D eigenvalue weighted by atomic mass is 16.5. The van der Waals surface area contributed by atoms with E-state index < -0.39 is 0 Å². The third-order valence-corrected chi connectivity index (χ3v) is 3.09. The van der Waals surface area contributed by atoms with Gasteiger partial charge in [-0.2, -0.15) is 0 Å². The summed E-state index contributed by atoms with van der Waals surface area (Å²) in [6.45, 7) is 6.70. The number of hydrogen-bond acceptors (Lipinski definition) is 6. The summed E-state index contributed by atoms with van der Waals surface area (Å²) in [5.41, 5.74) is 0.00505. The quantitative estimate of drug-likeness (QED) is 0.751. The Hall–Kier alpha value is -2.83. The van der Waals surface area contributed by atoms with E-state index in [1.807, 2.05) is 45.0 Å². The van der Waals surface area contributed by atoms with E-state index in [1.54, 1.807) is 19.4 Å². The lowest BCUT2D eigenvalue weighted by molar-refractivity contribution is 0.0914. The molecule has 0 radical (unpaired) electrons. The maximum Gasteiger partial charge on any atom is 0.270 e. The van der Waals surface area contributed by atoms with Crippen LogP contribution >= 0.6 is 0 Å². The number of nitrogens with one attached hydrogen (secondary N) is 2. The van der Waals surface area contributed by atoms with Crippen LogP contribution in [0.2, 0.25) is 0 Å². The monoisotopic (exact) mass is 344 g/mol. The Balaban J connectivity index is 1.82. The van der Waals surface area contributed by atoms with Crippen LogP contribution in [0.3, 0.4) is 0 Å². The first-order chi connectivity index (χ1) is 11.9. The number of aromatic nitrogens is 2. The van der Waals surface area contributed by atoms with E-state index in [9.17, 15) is 4.79 Å². The van der Waals surface area contributed by atoms with Crippen molar-refractivity contribution < 1.29 is 14.3 Å². The fraction of sp³-hybridized carbons (Fsp3) is 0.389. The van der Waals surface area contributed by atoms with Gasteiger partial charge in [0.15, 0.2) is 0 Å². The van der Waals surface area contributed by atoms with Gasteiger partial charge in [0.05, 0.1) is 13.7 Å². The van der Waals surface area contributed by atoms with Gasteiger partial charge in [-0.1, -0.05) is 0 Å². The molecule has 0 atom stereocenters. The number of carbonyl (C=O) groups excluding carboxylic acids is 1. The van der Waals surface area contributed by atoms with E-state index in [2.05, 4.69) is 20.6 Å². The van der Waals surface area contributed by atoms with Crippen molar-refractivity contribution in [2.75, 3.05) is 25.6 Å². The lowest BCUT2D eigenvalue weighted by atomic mass is 10.1. The number of carbonyl (C=O) groups is 1. The number of benzene rings is 1. The Labute approximate surface area is 147 Å². The second kappa shape index (κ2) is 8.32. The van der Waals surface area contributed by atoms with E-state index >= 15 is 0 Å². The lowest BCUT2D eigenvalue weighted by Gasteiger charge is -2.20. The summed E-state index contributed by atoms with van der Waals surface area (Å²) >= 11 is 0. The van der Waals surface area contributed by atoms with E-state index in [1.165, 1.54) is 0 Å². The third-order valence-electron chi connectivity index (χ3n) is 3.09. The number of amides is 1. The molecule has 25 heavy (non-hydrogen) atoms. The van der Waals surface area contributed by atoms with Crippen molar-refractivity contribution in [3.8, 4) is 11.5 Å². The van der Waals surface area contributed by atoms with Crippen molar-refractivity contribution >= 4 is 11.9 Å². The Morgan fingerprint density at radius 1 is 1.12 bits per heavy atom. The Morgan fingerprint density at radius 3 is 2.44 bits per heavy atom. The van der Waals surface area contributed by atoms with E-state index in [0.717, 1.165) is 11.5 Å². The number of methoxy groups -OCH3 is 1. The highest BCUT2D eigenvalue weighted by Gasteiger charge is 2.16. The number of nitrogens with zero attached hydrogens (tertiary/aromatic N) is 2. The summed E-state index contributed by atoms with van der Waals surface area (Å²) in [4.78, 5) is 20.4. The van der Waals surface area contributed by atoms with Gasteiger partial charge >= 0.3 is 0 Å². The SMILES string of the molecule is COc1ccc(OCCNc2nccc(C(=O)NC(C)(C)C)n2)cc1. The van der Waals surface area contributed by atoms with Crippen molar-refractivity contribution in [2.24, 2.45) is 0 Å². The highest BCUT2D eigenvalue weighted by Crippen LogP contribution is 2.16. The minimum Gasteiger partial charge on any atom is -0.497 e. The molecule has 2 N–H and O–H groups in total. The molecule has 1 heterocycles. The summed E-state index contributed by atoms with van der Waals surface area (Å²) in [5, 5.41) is 5.91. The predicted octanol–water partition coefficient (Wildman–Crippen LogP) is 2.50. The first-order valence-corrected chi connectivity index (χ1v) is 8.04. The second-order valence-electron chi connectivity index (χ2n) is 6.42. The van der Waals surface area contributed by atoms with Crippen molar-refractivity contribution in [1.29, 1.82) is 0 Å². The lowest BCUT2D eigenvalue weighted by Crippen LogP contribution is -2.41. The maximum absolute atomic E-state index is 12.1. The molecule has 1 aromatic heterocycles. The van der Waals surface area contributed by atoms with E-state index in [-0.39, 0.29) is 11.4 Å². The van der Waals surface area contributed by atoms with Crippen LogP contribution in [0.15, 0.2) is 36.5 Å². The van der Waals surface area contributed by atoms with Crippen molar-refractivity contribution in [3.63, 3.8) is 0 Å². The number of rotatable bonds is 7. The van der Waals surface area contributed by atoms with E-state index in [4.69, 9.17) is 9.47 Å². The first-order valence-electron chi connectivity index (χ1n) is 8.04. The number of ether oxygens (including phenoxy) is 2. The molecule has 0 unspecified atom stereocenters. The van der Waals surface area contributed by atoms with Gasteiger partial charge in [-0.05, 0) is 51.1 Å². The first kappa shape index (κ1) is 18.5. The minimum atomic E-state index is -0.318. The van der Waals surface area contributed by atoms with Crippen LogP contribution in [0.1, 0.15) is 31.3 Å². The van der Waals surface area contributed by atoms with Crippen LogP contribution in [-0.4, -0.2) is 41.7 Å². The van der Waals surface area contributed by atoms with Crippen LogP contribution in [0.5, 0.6) is 11.5 Å². The molecule has 134 valence electrons. The van der Waals surface area contributed by atoms with Gasteiger partial charge < -0.3 is 20.1 Å². The Morgan fingerprint density at radius 2 is 1.80 bits per heavy atom. The smallest absolute Gasteiger partial charge is 0.270 e. The molecule has 1 amide bonds. The number of anilines is 1. The highest BCUT2D eigenvalue weighted by molar-refractivity contribution is 5.92.